The van der Waals surface area contributed by atoms with Crippen molar-refractivity contribution in [2.75, 3.05) is 6.61 Å². The summed E-state index contributed by atoms with van der Waals surface area (Å²) >= 11 is 12.1. The SMILES string of the molecule is NC(CCC1CCCO1)c1cc(Cl)ccc1Cl. The molecule has 0 aliphatic carbocycles. The molecule has 1 saturated heterocycles. The van der Waals surface area contributed by atoms with Gasteiger partial charge < -0.3 is 10.5 Å². The van der Waals surface area contributed by atoms with E-state index in [2.05, 4.69) is 0 Å². The number of halogens is 2. The molecule has 0 aromatic heterocycles. The summed E-state index contributed by atoms with van der Waals surface area (Å²) in [6.07, 6.45) is 4.56. The Hall–Kier alpha value is -0.280. The third-order valence-electron chi connectivity index (χ3n) is 3.18. The minimum absolute atomic E-state index is 0.0644. The molecule has 1 fully saturated rings. The number of hydrogen-bond acceptors (Lipinski definition) is 2. The number of rotatable bonds is 4. The van der Waals surface area contributed by atoms with Crippen molar-refractivity contribution < 1.29 is 4.74 Å². The Labute approximate surface area is 112 Å². The molecular weight excluding hydrogens is 257 g/mol. The lowest BCUT2D eigenvalue weighted by Crippen LogP contribution is -2.14. The molecule has 17 heavy (non-hydrogen) atoms. The van der Waals surface area contributed by atoms with E-state index in [-0.39, 0.29) is 6.04 Å². The average molecular weight is 274 g/mol. The van der Waals surface area contributed by atoms with Gasteiger partial charge in [0.05, 0.1) is 6.10 Å². The zero-order valence-corrected chi connectivity index (χ0v) is 11.2. The Morgan fingerprint density at radius 1 is 1.41 bits per heavy atom. The van der Waals surface area contributed by atoms with Gasteiger partial charge in [0.1, 0.15) is 0 Å². The van der Waals surface area contributed by atoms with E-state index in [0.717, 1.165) is 37.9 Å². The summed E-state index contributed by atoms with van der Waals surface area (Å²) in [5.41, 5.74) is 7.07. The summed E-state index contributed by atoms with van der Waals surface area (Å²) in [5, 5.41) is 1.37. The van der Waals surface area contributed by atoms with Gasteiger partial charge in [-0.15, -0.1) is 0 Å². The predicted octanol–water partition coefficient (Wildman–Crippen LogP) is 3.95. The number of hydrogen-bond donors (Lipinski definition) is 1. The van der Waals surface area contributed by atoms with Crippen LogP contribution in [-0.2, 0) is 4.74 Å². The first-order chi connectivity index (χ1) is 8.16. The van der Waals surface area contributed by atoms with Gasteiger partial charge in [-0.05, 0) is 49.4 Å². The second kappa shape index (κ2) is 6.05. The van der Waals surface area contributed by atoms with Crippen LogP contribution in [0.1, 0.15) is 37.3 Å². The first kappa shape index (κ1) is 13.2. The molecule has 4 heteroatoms. The van der Waals surface area contributed by atoms with Gasteiger partial charge >= 0.3 is 0 Å². The highest BCUT2D eigenvalue weighted by molar-refractivity contribution is 6.33. The Morgan fingerprint density at radius 3 is 2.94 bits per heavy atom. The van der Waals surface area contributed by atoms with Crippen molar-refractivity contribution in [1.82, 2.24) is 0 Å². The first-order valence-corrected chi connectivity index (χ1v) is 6.74. The van der Waals surface area contributed by atoms with Gasteiger partial charge in [0.15, 0.2) is 0 Å². The highest BCUT2D eigenvalue weighted by Crippen LogP contribution is 2.29. The van der Waals surface area contributed by atoms with Crippen molar-refractivity contribution in [2.45, 2.75) is 37.8 Å². The third kappa shape index (κ3) is 3.59. The van der Waals surface area contributed by atoms with Crippen molar-refractivity contribution in [1.29, 1.82) is 0 Å². The normalized spacial score (nSPS) is 21.7. The van der Waals surface area contributed by atoms with Crippen molar-refractivity contribution >= 4 is 23.2 Å². The molecule has 0 amide bonds. The summed E-state index contributed by atoms with van der Waals surface area (Å²) in [7, 11) is 0. The quantitative estimate of drug-likeness (QED) is 0.902. The topological polar surface area (TPSA) is 35.2 Å². The summed E-state index contributed by atoms with van der Waals surface area (Å²) < 4.78 is 5.58. The maximum atomic E-state index is 6.14. The lowest BCUT2D eigenvalue weighted by Gasteiger charge is -2.16. The number of benzene rings is 1. The van der Waals surface area contributed by atoms with Crippen LogP contribution in [0.25, 0.3) is 0 Å². The fraction of sp³-hybridized carbons (Fsp3) is 0.538. The van der Waals surface area contributed by atoms with E-state index < -0.39 is 0 Å². The molecule has 0 saturated carbocycles. The molecule has 0 bridgehead atoms. The maximum absolute atomic E-state index is 6.14. The molecule has 2 N–H and O–H groups in total. The third-order valence-corrected chi connectivity index (χ3v) is 3.76. The lowest BCUT2D eigenvalue weighted by atomic mass is 10.00. The summed E-state index contributed by atoms with van der Waals surface area (Å²) in [5.74, 6) is 0. The summed E-state index contributed by atoms with van der Waals surface area (Å²) in [4.78, 5) is 0. The van der Waals surface area contributed by atoms with Crippen LogP contribution in [0.2, 0.25) is 10.0 Å². The Bertz CT molecular complexity index is 378. The minimum atomic E-state index is -0.0644. The summed E-state index contributed by atoms with van der Waals surface area (Å²) in [6, 6.07) is 5.36. The molecule has 2 rings (SSSR count). The van der Waals surface area contributed by atoms with Gasteiger partial charge in [-0.1, -0.05) is 23.2 Å². The highest BCUT2D eigenvalue weighted by atomic mass is 35.5. The van der Waals surface area contributed by atoms with E-state index in [4.69, 9.17) is 33.7 Å². The largest absolute Gasteiger partial charge is 0.378 e. The molecule has 2 atom stereocenters. The van der Waals surface area contributed by atoms with Gasteiger partial charge in [-0.2, -0.15) is 0 Å². The lowest BCUT2D eigenvalue weighted by molar-refractivity contribution is 0.101. The molecule has 1 aromatic rings. The van der Waals surface area contributed by atoms with Crippen LogP contribution in [0.5, 0.6) is 0 Å². The fourth-order valence-corrected chi connectivity index (χ4v) is 2.63. The molecule has 1 aromatic carbocycles. The van der Waals surface area contributed by atoms with Gasteiger partial charge in [0.25, 0.3) is 0 Å². The van der Waals surface area contributed by atoms with Crippen LogP contribution in [0.15, 0.2) is 18.2 Å². The monoisotopic (exact) mass is 273 g/mol. The standard InChI is InChI=1S/C13H17Cl2NO/c14-9-3-5-12(15)11(8-9)13(16)6-4-10-2-1-7-17-10/h3,5,8,10,13H,1-2,4,6-7,16H2. The van der Waals surface area contributed by atoms with Crippen molar-refractivity contribution in [3.63, 3.8) is 0 Å². The molecule has 0 radical (unpaired) electrons. The number of ether oxygens (including phenoxy) is 1. The first-order valence-electron chi connectivity index (χ1n) is 5.99. The van der Waals surface area contributed by atoms with Crippen LogP contribution in [-0.4, -0.2) is 12.7 Å². The smallest absolute Gasteiger partial charge is 0.0576 e. The Morgan fingerprint density at radius 2 is 2.24 bits per heavy atom. The van der Waals surface area contributed by atoms with Gasteiger partial charge in [-0.3, -0.25) is 0 Å². The zero-order valence-electron chi connectivity index (χ0n) is 9.66. The van der Waals surface area contributed by atoms with Crippen LogP contribution in [0.3, 0.4) is 0 Å². The summed E-state index contributed by atoms with van der Waals surface area (Å²) in [6.45, 7) is 0.887. The van der Waals surface area contributed by atoms with Crippen LogP contribution in [0.4, 0.5) is 0 Å². The molecule has 0 spiro atoms. The van der Waals surface area contributed by atoms with Crippen molar-refractivity contribution in [3.8, 4) is 0 Å². The predicted molar refractivity (Wildman–Crippen MR) is 71.6 cm³/mol. The van der Waals surface area contributed by atoms with Crippen LogP contribution in [0, 0.1) is 0 Å². The maximum Gasteiger partial charge on any atom is 0.0576 e. The second-order valence-electron chi connectivity index (χ2n) is 4.48. The van der Waals surface area contributed by atoms with E-state index in [9.17, 15) is 0 Å². The van der Waals surface area contributed by atoms with E-state index in [0.29, 0.717) is 16.1 Å². The van der Waals surface area contributed by atoms with E-state index in [1.165, 1.54) is 0 Å². The molecule has 1 heterocycles. The average Bonchev–Trinajstić information content (AvgIpc) is 2.82. The number of nitrogens with two attached hydrogens (primary N) is 1. The van der Waals surface area contributed by atoms with Gasteiger partial charge in [0.2, 0.25) is 0 Å². The van der Waals surface area contributed by atoms with E-state index in [1.807, 2.05) is 6.07 Å². The van der Waals surface area contributed by atoms with Crippen LogP contribution >= 0.6 is 23.2 Å². The van der Waals surface area contributed by atoms with E-state index >= 15 is 0 Å². The zero-order chi connectivity index (χ0) is 12.3. The van der Waals surface area contributed by atoms with Crippen molar-refractivity contribution in [3.05, 3.63) is 33.8 Å². The Balaban J connectivity index is 1.93. The Kier molecular flexibility index (Phi) is 4.69. The molecule has 1 aliphatic heterocycles. The molecule has 1 aliphatic rings. The molecule has 2 nitrogen and oxygen atoms in total. The fourth-order valence-electron chi connectivity index (χ4n) is 2.19. The molecule has 94 valence electrons. The van der Waals surface area contributed by atoms with Crippen molar-refractivity contribution in [2.24, 2.45) is 5.73 Å². The highest BCUT2D eigenvalue weighted by Gasteiger charge is 2.18. The second-order valence-corrected chi connectivity index (χ2v) is 5.33. The van der Waals surface area contributed by atoms with Crippen LogP contribution < -0.4 is 5.73 Å². The minimum Gasteiger partial charge on any atom is -0.378 e. The molecular formula is C13H17Cl2NO. The van der Waals surface area contributed by atoms with E-state index in [1.54, 1.807) is 12.1 Å². The van der Waals surface area contributed by atoms with Gasteiger partial charge in [0, 0.05) is 22.7 Å². The van der Waals surface area contributed by atoms with Gasteiger partial charge in [-0.25, -0.2) is 0 Å². The molecule has 2 unspecified atom stereocenters.